The molecule has 0 fully saturated rings. The van der Waals surface area contributed by atoms with Crippen molar-refractivity contribution < 1.29 is 13.2 Å². The molecule has 0 saturated heterocycles. The van der Waals surface area contributed by atoms with Crippen LogP contribution in [0.3, 0.4) is 0 Å². The highest BCUT2D eigenvalue weighted by Crippen LogP contribution is 2.30. The van der Waals surface area contributed by atoms with Crippen molar-refractivity contribution in [1.29, 1.82) is 0 Å². The molecule has 2 aromatic carbocycles. The van der Waals surface area contributed by atoms with E-state index in [0.29, 0.717) is 4.47 Å². The number of rotatable bonds is 4. The third-order valence-corrected chi connectivity index (χ3v) is 4.84. The molecule has 0 atom stereocenters. The van der Waals surface area contributed by atoms with Gasteiger partial charge in [-0.25, -0.2) is 8.42 Å². The van der Waals surface area contributed by atoms with Gasteiger partial charge < -0.3 is 4.74 Å². The fraction of sp³-hybridized carbons (Fsp3) is 0.0769. The van der Waals surface area contributed by atoms with Crippen LogP contribution in [0.15, 0.2) is 56.3 Å². The Bertz CT molecular complexity index is 715. The summed E-state index contributed by atoms with van der Waals surface area (Å²) in [5.74, 6) is 0.228. The van der Waals surface area contributed by atoms with Crippen molar-refractivity contribution in [1.82, 2.24) is 0 Å². The molecular weight excluding hydrogens is 431 g/mol. The maximum Gasteiger partial charge on any atom is 0.265 e. The van der Waals surface area contributed by atoms with E-state index in [0.717, 1.165) is 10.0 Å². The Labute approximate surface area is 138 Å². The van der Waals surface area contributed by atoms with Crippen LogP contribution in [-0.2, 0) is 15.7 Å². The van der Waals surface area contributed by atoms with Gasteiger partial charge in [-0.2, -0.15) is 0 Å². The Morgan fingerprint density at radius 1 is 1.00 bits per heavy atom. The van der Waals surface area contributed by atoms with Crippen LogP contribution < -0.4 is 4.74 Å². The highest BCUT2D eigenvalue weighted by molar-refractivity contribution is 9.10. The van der Waals surface area contributed by atoms with E-state index in [1.54, 1.807) is 12.1 Å². The lowest BCUT2D eigenvalue weighted by Gasteiger charge is -2.10. The molecule has 0 amide bonds. The van der Waals surface area contributed by atoms with E-state index in [9.17, 15) is 8.42 Å². The summed E-state index contributed by atoms with van der Waals surface area (Å²) in [4.78, 5) is -0.0503. The van der Waals surface area contributed by atoms with E-state index < -0.39 is 9.05 Å². The van der Waals surface area contributed by atoms with Crippen LogP contribution in [0.1, 0.15) is 5.56 Å². The molecule has 0 aromatic heterocycles. The monoisotopic (exact) mass is 438 g/mol. The van der Waals surface area contributed by atoms with Gasteiger partial charge in [-0.15, -0.1) is 0 Å². The second-order valence-corrected chi connectivity index (χ2v) is 8.31. The zero-order chi connectivity index (χ0) is 14.8. The van der Waals surface area contributed by atoms with E-state index in [2.05, 4.69) is 31.9 Å². The first-order valence-corrected chi connectivity index (χ1v) is 9.37. The summed E-state index contributed by atoms with van der Waals surface area (Å²) in [6.45, 7) is 0.258. The lowest BCUT2D eigenvalue weighted by atomic mass is 10.2. The fourth-order valence-electron chi connectivity index (χ4n) is 1.53. The molecule has 0 radical (unpaired) electrons. The first-order valence-electron chi connectivity index (χ1n) is 5.48. The third-order valence-electron chi connectivity index (χ3n) is 2.48. The van der Waals surface area contributed by atoms with Gasteiger partial charge in [0.05, 0.1) is 0 Å². The second-order valence-electron chi connectivity index (χ2n) is 3.94. The minimum atomic E-state index is -3.86. The van der Waals surface area contributed by atoms with Gasteiger partial charge in [-0.05, 0) is 35.9 Å². The molecule has 7 heteroatoms. The summed E-state index contributed by atoms with van der Waals surface area (Å²) in [5, 5.41) is 0. The average molecular weight is 441 g/mol. The van der Waals surface area contributed by atoms with Crippen molar-refractivity contribution in [2.24, 2.45) is 0 Å². The molecule has 0 N–H and O–H groups in total. The second kappa shape index (κ2) is 6.47. The van der Waals surface area contributed by atoms with E-state index in [1.807, 2.05) is 24.3 Å². The third kappa shape index (κ3) is 4.22. The molecule has 0 bridgehead atoms. The molecule has 2 aromatic rings. The van der Waals surface area contributed by atoms with Gasteiger partial charge in [-0.1, -0.05) is 44.0 Å². The van der Waals surface area contributed by atoms with Gasteiger partial charge in [-0.3, -0.25) is 0 Å². The first-order chi connectivity index (χ1) is 9.36. The molecule has 0 aliphatic carbocycles. The molecule has 0 spiro atoms. The van der Waals surface area contributed by atoms with Crippen molar-refractivity contribution in [2.75, 3.05) is 0 Å². The zero-order valence-corrected chi connectivity index (χ0v) is 14.8. The largest absolute Gasteiger partial charge is 0.487 e. The number of halogens is 3. The molecule has 2 rings (SSSR count). The van der Waals surface area contributed by atoms with Crippen molar-refractivity contribution in [2.45, 2.75) is 11.5 Å². The van der Waals surface area contributed by atoms with Gasteiger partial charge >= 0.3 is 0 Å². The van der Waals surface area contributed by atoms with Crippen LogP contribution in [0.4, 0.5) is 0 Å². The molecule has 0 aliphatic rings. The van der Waals surface area contributed by atoms with Gasteiger partial charge in [0.15, 0.2) is 0 Å². The molecule has 0 saturated carbocycles. The molecular formula is C13H9Br2ClO3S. The Hall–Kier alpha value is -0.560. The molecule has 0 unspecified atom stereocenters. The summed E-state index contributed by atoms with van der Waals surface area (Å²) in [7, 11) is 1.55. The Morgan fingerprint density at radius 2 is 1.60 bits per heavy atom. The lowest BCUT2D eigenvalue weighted by Crippen LogP contribution is -2.00. The van der Waals surface area contributed by atoms with Gasteiger partial charge in [0, 0.05) is 19.6 Å². The van der Waals surface area contributed by atoms with Crippen LogP contribution >= 0.6 is 42.5 Å². The SMILES string of the molecule is O=S(=O)(Cl)c1cc(Br)ccc1OCc1ccc(Br)cc1. The van der Waals surface area contributed by atoms with Crippen LogP contribution in [0.25, 0.3) is 0 Å². The van der Waals surface area contributed by atoms with Gasteiger partial charge in [0.25, 0.3) is 9.05 Å². The molecule has 0 heterocycles. The number of hydrogen-bond acceptors (Lipinski definition) is 3. The normalized spacial score (nSPS) is 11.3. The van der Waals surface area contributed by atoms with E-state index >= 15 is 0 Å². The van der Waals surface area contributed by atoms with E-state index in [-0.39, 0.29) is 17.3 Å². The summed E-state index contributed by atoms with van der Waals surface area (Å²) in [5.41, 5.74) is 0.925. The highest BCUT2D eigenvalue weighted by atomic mass is 79.9. The predicted octanol–water partition coefficient (Wildman–Crippen LogP) is 4.72. The average Bonchev–Trinajstić information content (AvgIpc) is 2.38. The number of benzene rings is 2. The lowest BCUT2D eigenvalue weighted by molar-refractivity contribution is 0.298. The maximum atomic E-state index is 11.5. The molecule has 20 heavy (non-hydrogen) atoms. The van der Waals surface area contributed by atoms with Crippen LogP contribution in [-0.4, -0.2) is 8.42 Å². The molecule has 106 valence electrons. The number of ether oxygens (including phenoxy) is 1. The summed E-state index contributed by atoms with van der Waals surface area (Å²) in [6.07, 6.45) is 0. The summed E-state index contributed by atoms with van der Waals surface area (Å²) in [6, 6.07) is 12.2. The Morgan fingerprint density at radius 3 is 2.20 bits per heavy atom. The zero-order valence-electron chi connectivity index (χ0n) is 10.0. The highest BCUT2D eigenvalue weighted by Gasteiger charge is 2.17. The Balaban J connectivity index is 2.23. The van der Waals surface area contributed by atoms with Crippen molar-refractivity contribution >= 4 is 51.6 Å². The maximum absolute atomic E-state index is 11.5. The van der Waals surface area contributed by atoms with Gasteiger partial charge in [0.2, 0.25) is 0 Å². The fourth-order valence-corrected chi connectivity index (χ4v) is 3.31. The quantitative estimate of drug-likeness (QED) is 0.647. The van der Waals surface area contributed by atoms with Crippen LogP contribution in [0.5, 0.6) is 5.75 Å². The van der Waals surface area contributed by atoms with E-state index in [4.69, 9.17) is 15.4 Å². The van der Waals surface area contributed by atoms with Crippen LogP contribution in [0.2, 0.25) is 0 Å². The van der Waals surface area contributed by atoms with Crippen molar-refractivity contribution in [3.05, 3.63) is 57.0 Å². The number of hydrogen-bond donors (Lipinski definition) is 0. The van der Waals surface area contributed by atoms with Gasteiger partial charge in [0.1, 0.15) is 17.3 Å². The standard InChI is InChI=1S/C13H9Br2ClO3S/c14-10-3-1-9(2-4-10)8-19-12-6-5-11(15)7-13(12)20(16,17)18/h1-7H,8H2. The topological polar surface area (TPSA) is 43.4 Å². The summed E-state index contributed by atoms with van der Waals surface area (Å²) >= 11 is 6.55. The molecule has 0 aliphatic heterocycles. The Kier molecular flexibility index (Phi) is 5.12. The van der Waals surface area contributed by atoms with Crippen LogP contribution in [0, 0.1) is 0 Å². The smallest absolute Gasteiger partial charge is 0.265 e. The first kappa shape index (κ1) is 15.8. The van der Waals surface area contributed by atoms with E-state index in [1.165, 1.54) is 6.07 Å². The predicted molar refractivity (Wildman–Crippen MR) is 85.7 cm³/mol. The van der Waals surface area contributed by atoms with Crippen molar-refractivity contribution in [3.8, 4) is 5.75 Å². The van der Waals surface area contributed by atoms with Crippen molar-refractivity contribution in [3.63, 3.8) is 0 Å². The summed E-state index contributed by atoms with van der Waals surface area (Å²) < 4.78 is 30.2. The minimum absolute atomic E-state index is 0.0503. The molecule has 3 nitrogen and oxygen atoms in total. The minimum Gasteiger partial charge on any atom is -0.487 e.